The Morgan fingerprint density at radius 2 is 1.97 bits per heavy atom. The van der Waals surface area contributed by atoms with Crippen molar-refractivity contribution in [3.8, 4) is 11.5 Å². The Morgan fingerprint density at radius 3 is 2.69 bits per heavy atom. The van der Waals surface area contributed by atoms with Crippen molar-refractivity contribution in [1.82, 2.24) is 0 Å². The minimum absolute atomic E-state index is 0.0380. The van der Waals surface area contributed by atoms with Gasteiger partial charge in [-0.1, -0.05) is 13.3 Å². The molecule has 1 N–H and O–H groups in total. The summed E-state index contributed by atoms with van der Waals surface area (Å²) in [7, 11) is 1.56. The van der Waals surface area contributed by atoms with Crippen molar-refractivity contribution in [3.05, 3.63) is 47.5 Å². The van der Waals surface area contributed by atoms with Gasteiger partial charge < -0.3 is 19.7 Å². The van der Waals surface area contributed by atoms with Crippen molar-refractivity contribution in [1.29, 1.82) is 0 Å². The van der Waals surface area contributed by atoms with Gasteiger partial charge in [-0.15, -0.1) is 0 Å². The zero-order valence-corrected chi connectivity index (χ0v) is 17.3. The Morgan fingerprint density at radius 1 is 1.14 bits per heavy atom. The van der Waals surface area contributed by atoms with Gasteiger partial charge in [0.25, 0.3) is 5.91 Å². The standard InChI is InChI=1S/C23H28N2O4/c1-4-5-13-29-21-11-8-18(15-22(21)28-3)23(27)24-19-9-10-20-17(14-19)7-6-12-25(20)16(2)26/h8-11,14-15H,4-7,12-13H2,1-3H3,(H,24,27). The highest BCUT2D eigenvalue weighted by Crippen LogP contribution is 2.31. The summed E-state index contributed by atoms with van der Waals surface area (Å²) in [5, 5.41) is 2.94. The normalized spacial score (nSPS) is 12.9. The third kappa shape index (κ3) is 4.88. The van der Waals surface area contributed by atoms with E-state index in [9.17, 15) is 9.59 Å². The number of methoxy groups -OCH3 is 1. The average Bonchev–Trinajstić information content (AvgIpc) is 2.73. The van der Waals surface area contributed by atoms with Crippen molar-refractivity contribution in [2.45, 2.75) is 39.5 Å². The summed E-state index contributed by atoms with van der Waals surface area (Å²) in [5.74, 6) is 0.991. The van der Waals surface area contributed by atoms with Crippen LogP contribution < -0.4 is 19.7 Å². The van der Waals surface area contributed by atoms with Crippen LogP contribution in [-0.4, -0.2) is 32.1 Å². The van der Waals surface area contributed by atoms with Crippen LogP contribution in [0.25, 0.3) is 0 Å². The van der Waals surface area contributed by atoms with E-state index in [0.29, 0.717) is 29.4 Å². The average molecular weight is 396 g/mol. The number of nitrogens with one attached hydrogen (secondary N) is 1. The van der Waals surface area contributed by atoms with Gasteiger partial charge in [-0.2, -0.15) is 0 Å². The number of carbonyl (C=O) groups excluding carboxylic acids is 2. The van der Waals surface area contributed by atoms with E-state index in [1.54, 1.807) is 37.1 Å². The van der Waals surface area contributed by atoms with E-state index in [4.69, 9.17) is 9.47 Å². The molecule has 29 heavy (non-hydrogen) atoms. The quantitative estimate of drug-likeness (QED) is 0.703. The number of anilines is 2. The fraction of sp³-hybridized carbons (Fsp3) is 0.391. The molecule has 3 rings (SSSR count). The highest BCUT2D eigenvalue weighted by atomic mass is 16.5. The summed E-state index contributed by atoms with van der Waals surface area (Å²) >= 11 is 0. The zero-order valence-electron chi connectivity index (χ0n) is 17.3. The molecule has 0 fully saturated rings. The molecule has 6 heteroatoms. The summed E-state index contributed by atoms with van der Waals surface area (Å²) in [5.41, 5.74) is 3.20. The topological polar surface area (TPSA) is 67.9 Å². The Balaban J connectivity index is 1.74. The Bertz CT molecular complexity index is 894. The van der Waals surface area contributed by atoms with Crippen LogP contribution >= 0.6 is 0 Å². The molecule has 2 aromatic rings. The van der Waals surface area contributed by atoms with E-state index in [0.717, 1.165) is 43.5 Å². The molecule has 0 aliphatic carbocycles. The number of amides is 2. The van der Waals surface area contributed by atoms with Crippen molar-refractivity contribution in [3.63, 3.8) is 0 Å². The summed E-state index contributed by atoms with van der Waals surface area (Å²) < 4.78 is 11.1. The monoisotopic (exact) mass is 396 g/mol. The zero-order chi connectivity index (χ0) is 20.8. The van der Waals surface area contributed by atoms with Crippen molar-refractivity contribution >= 4 is 23.2 Å². The van der Waals surface area contributed by atoms with Crippen LogP contribution in [0.4, 0.5) is 11.4 Å². The maximum absolute atomic E-state index is 12.7. The first kappa shape index (κ1) is 20.7. The Hall–Kier alpha value is -3.02. The molecule has 1 heterocycles. The molecule has 0 aromatic heterocycles. The first-order valence-electron chi connectivity index (χ1n) is 10.1. The first-order chi connectivity index (χ1) is 14.0. The molecule has 0 radical (unpaired) electrons. The van der Waals surface area contributed by atoms with E-state index in [1.807, 2.05) is 18.2 Å². The molecule has 2 aromatic carbocycles. The summed E-state index contributed by atoms with van der Waals surface area (Å²) in [6, 6.07) is 10.9. The fourth-order valence-electron chi connectivity index (χ4n) is 3.46. The number of nitrogens with zero attached hydrogens (tertiary/aromatic N) is 1. The third-order valence-electron chi connectivity index (χ3n) is 5.02. The highest BCUT2D eigenvalue weighted by molar-refractivity contribution is 6.05. The van der Waals surface area contributed by atoms with Gasteiger partial charge in [0.1, 0.15) is 0 Å². The van der Waals surface area contributed by atoms with E-state index in [2.05, 4.69) is 12.2 Å². The second-order valence-electron chi connectivity index (χ2n) is 7.14. The highest BCUT2D eigenvalue weighted by Gasteiger charge is 2.20. The first-order valence-corrected chi connectivity index (χ1v) is 10.1. The molecule has 0 saturated heterocycles. The predicted molar refractivity (Wildman–Crippen MR) is 114 cm³/mol. The molecule has 1 aliphatic rings. The van der Waals surface area contributed by atoms with Crippen molar-refractivity contribution in [2.75, 3.05) is 30.5 Å². The second-order valence-corrected chi connectivity index (χ2v) is 7.14. The maximum Gasteiger partial charge on any atom is 0.255 e. The molecular formula is C23H28N2O4. The number of hydrogen-bond donors (Lipinski definition) is 1. The van der Waals surface area contributed by atoms with E-state index in [1.165, 1.54) is 0 Å². The van der Waals surface area contributed by atoms with Gasteiger partial charge in [-0.05, 0) is 61.2 Å². The number of ether oxygens (including phenoxy) is 2. The minimum atomic E-state index is -0.220. The second kappa shape index (κ2) is 9.45. The molecule has 154 valence electrons. The van der Waals surface area contributed by atoms with Crippen LogP contribution in [-0.2, 0) is 11.2 Å². The van der Waals surface area contributed by atoms with Crippen LogP contribution in [0.15, 0.2) is 36.4 Å². The van der Waals surface area contributed by atoms with E-state index >= 15 is 0 Å². The van der Waals surface area contributed by atoms with E-state index < -0.39 is 0 Å². The van der Waals surface area contributed by atoms with E-state index in [-0.39, 0.29) is 11.8 Å². The lowest BCUT2D eigenvalue weighted by molar-refractivity contribution is -0.116. The molecule has 2 amide bonds. The van der Waals surface area contributed by atoms with Gasteiger partial charge in [-0.3, -0.25) is 9.59 Å². The smallest absolute Gasteiger partial charge is 0.255 e. The SMILES string of the molecule is CCCCOc1ccc(C(=O)Nc2ccc3c(c2)CCCN3C(C)=O)cc1OC. The van der Waals surface area contributed by atoms with Crippen molar-refractivity contribution in [2.24, 2.45) is 0 Å². The van der Waals surface area contributed by atoms with Crippen LogP contribution in [0.2, 0.25) is 0 Å². The maximum atomic E-state index is 12.7. The molecule has 0 atom stereocenters. The third-order valence-corrected chi connectivity index (χ3v) is 5.02. The molecular weight excluding hydrogens is 368 g/mol. The Kier molecular flexibility index (Phi) is 6.75. The van der Waals surface area contributed by atoms with Gasteiger partial charge in [0.2, 0.25) is 5.91 Å². The number of benzene rings is 2. The van der Waals surface area contributed by atoms with Crippen LogP contribution in [0, 0.1) is 0 Å². The lowest BCUT2D eigenvalue weighted by Gasteiger charge is -2.29. The molecule has 0 bridgehead atoms. The number of rotatable bonds is 7. The van der Waals surface area contributed by atoms with Crippen LogP contribution in [0.3, 0.4) is 0 Å². The number of hydrogen-bond acceptors (Lipinski definition) is 4. The van der Waals surface area contributed by atoms with Gasteiger partial charge in [0, 0.05) is 30.4 Å². The summed E-state index contributed by atoms with van der Waals surface area (Å²) in [6.07, 6.45) is 3.82. The van der Waals surface area contributed by atoms with Crippen molar-refractivity contribution < 1.29 is 19.1 Å². The summed E-state index contributed by atoms with van der Waals surface area (Å²) in [4.78, 5) is 26.3. The predicted octanol–water partition coefficient (Wildman–Crippen LogP) is 4.43. The molecule has 1 aliphatic heterocycles. The lowest BCUT2D eigenvalue weighted by atomic mass is 10.0. The minimum Gasteiger partial charge on any atom is -0.493 e. The molecule has 0 spiro atoms. The number of aryl methyl sites for hydroxylation is 1. The van der Waals surface area contributed by atoms with Gasteiger partial charge in [-0.25, -0.2) is 0 Å². The fourth-order valence-corrected chi connectivity index (χ4v) is 3.46. The molecule has 6 nitrogen and oxygen atoms in total. The van der Waals surface area contributed by atoms with Gasteiger partial charge in [0.05, 0.1) is 13.7 Å². The molecule has 0 unspecified atom stereocenters. The number of unbranched alkanes of at least 4 members (excludes halogenated alkanes) is 1. The molecule has 0 saturated carbocycles. The lowest BCUT2D eigenvalue weighted by Crippen LogP contribution is -2.33. The van der Waals surface area contributed by atoms with Crippen LogP contribution in [0.5, 0.6) is 11.5 Å². The van der Waals surface area contributed by atoms with Crippen LogP contribution in [0.1, 0.15) is 49.0 Å². The number of fused-ring (bicyclic) bond motifs is 1. The summed E-state index contributed by atoms with van der Waals surface area (Å²) in [6.45, 7) is 5.03. The van der Waals surface area contributed by atoms with Gasteiger partial charge >= 0.3 is 0 Å². The van der Waals surface area contributed by atoms with Gasteiger partial charge in [0.15, 0.2) is 11.5 Å². The largest absolute Gasteiger partial charge is 0.493 e. The number of carbonyl (C=O) groups is 2. The Labute approximate surface area is 171 Å².